The predicted octanol–water partition coefficient (Wildman–Crippen LogP) is 6.47. The van der Waals surface area contributed by atoms with Gasteiger partial charge in [0.25, 0.3) is 11.8 Å². The van der Waals surface area contributed by atoms with Crippen LogP contribution in [-0.2, 0) is 19.8 Å². The molecule has 0 atom stereocenters. The van der Waals surface area contributed by atoms with Crippen LogP contribution in [0, 0.1) is 6.92 Å². The molecule has 4 heterocycles. The van der Waals surface area contributed by atoms with Gasteiger partial charge in [-0.3, -0.25) is 14.5 Å². The van der Waals surface area contributed by atoms with Crippen LogP contribution in [0.2, 0.25) is 0 Å². The summed E-state index contributed by atoms with van der Waals surface area (Å²) in [5.41, 5.74) is 1.94. The first-order valence-electron chi connectivity index (χ1n) is 14.2. The lowest BCUT2D eigenvalue weighted by atomic mass is 10.1. The number of aryl methyl sites for hydroxylation is 2. The molecular formula is C32H30BrF3N6O4. The van der Waals surface area contributed by atoms with Gasteiger partial charge in [0, 0.05) is 68.4 Å². The molecular weight excluding hydrogens is 669 g/mol. The standard InChI is InChI=1S/C32H29F3N6O4.BrH/c1-20-15-25(38-45-20)19-40-11-13-41(14-12-40)31(43)28-17-22-16-26(8-9-27(22)39(28)2)44-29-10-7-24(18-36-29)37-30(42)21-3-5-23(6-4-21)32(33,34)35;/h3-10,15-18H,11-14,19H2,1-2H3,(H,37,42);1H. The lowest BCUT2D eigenvalue weighted by Gasteiger charge is -2.34. The lowest BCUT2D eigenvalue weighted by Crippen LogP contribution is -2.48. The number of rotatable bonds is 7. The summed E-state index contributed by atoms with van der Waals surface area (Å²) in [6.45, 7) is 5.25. The minimum atomic E-state index is -4.48. The number of aromatic nitrogens is 3. The van der Waals surface area contributed by atoms with Gasteiger partial charge in [-0.15, -0.1) is 17.0 Å². The molecule has 0 aliphatic carbocycles. The van der Waals surface area contributed by atoms with E-state index in [0.29, 0.717) is 36.8 Å². The number of nitrogens with one attached hydrogen (secondary N) is 1. The van der Waals surface area contributed by atoms with Crippen LogP contribution in [-0.4, -0.2) is 62.5 Å². The van der Waals surface area contributed by atoms with Crippen molar-refractivity contribution in [2.24, 2.45) is 7.05 Å². The van der Waals surface area contributed by atoms with Crippen LogP contribution < -0.4 is 10.1 Å². The van der Waals surface area contributed by atoms with E-state index in [4.69, 9.17) is 9.26 Å². The smallest absolute Gasteiger partial charge is 0.416 e. The Labute approximate surface area is 272 Å². The number of pyridine rings is 1. The van der Waals surface area contributed by atoms with E-state index in [2.05, 4.69) is 20.4 Å². The molecule has 10 nitrogen and oxygen atoms in total. The van der Waals surface area contributed by atoms with Crippen molar-refractivity contribution in [1.82, 2.24) is 24.5 Å². The molecule has 46 heavy (non-hydrogen) atoms. The molecule has 0 saturated carbocycles. The summed E-state index contributed by atoms with van der Waals surface area (Å²) in [5.74, 6) is 0.955. The first-order valence-corrected chi connectivity index (χ1v) is 14.2. The number of hydrogen-bond acceptors (Lipinski definition) is 7. The summed E-state index contributed by atoms with van der Waals surface area (Å²) >= 11 is 0. The van der Waals surface area contributed by atoms with Gasteiger partial charge in [-0.2, -0.15) is 13.2 Å². The summed E-state index contributed by atoms with van der Waals surface area (Å²) < 4.78 is 51.3. The van der Waals surface area contributed by atoms with Gasteiger partial charge in [0.05, 0.1) is 23.1 Å². The molecule has 3 aromatic heterocycles. The van der Waals surface area contributed by atoms with Gasteiger partial charge in [0.2, 0.25) is 5.88 Å². The number of amides is 2. The molecule has 1 aliphatic rings. The van der Waals surface area contributed by atoms with E-state index in [0.717, 1.165) is 59.7 Å². The van der Waals surface area contributed by atoms with Crippen molar-refractivity contribution < 1.29 is 32.0 Å². The van der Waals surface area contributed by atoms with Crippen molar-refractivity contribution >= 4 is 45.4 Å². The Hall–Kier alpha value is -4.69. The minimum absolute atomic E-state index is 0. The second-order valence-electron chi connectivity index (χ2n) is 10.8. The van der Waals surface area contributed by atoms with Crippen LogP contribution in [0.4, 0.5) is 18.9 Å². The van der Waals surface area contributed by atoms with Crippen LogP contribution in [0.3, 0.4) is 0 Å². The second-order valence-corrected chi connectivity index (χ2v) is 10.8. The summed E-state index contributed by atoms with van der Waals surface area (Å²) in [5, 5.41) is 7.50. The van der Waals surface area contributed by atoms with E-state index < -0.39 is 17.6 Å². The zero-order chi connectivity index (χ0) is 31.7. The molecule has 0 radical (unpaired) electrons. The number of ether oxygens (including phenoxy) is 1. The molecule has 1 N–H and O–H groups in total. The molecule has 0 bridgehead atoms. The fourth-order valence-corrected chi connectivity index (χ4v) is 5.24. The summed E-state index contributed by atoms with van der Waals surface area (Å²) in [4.78, 5) is 34.2. The average Bonchev–Trinajstić information content (AvgIpc) is 3.59. The highest BCUT2D eigenvalue weighted by Crippen LogP contribution is 2.30. The second kappa shape index (κ2) is 13.3. The number of carbonyl (C=O) groups excluding carboxylic acids is 2. The van der Waals surface area contributed by atoms with E-state index in [1.54, 1.807) is 18.2 Å². The summed E-state index contributed by atoms with van der Waals surface area (Å²) in [6, 6.07) is 16.3. The Kier molecular flexibility index (Phi) is 9.49. The van der Waals surface area contributed by atoms with E-state index in [9.17, 15) is 22.8 Å². The van der Waals surface area contributed by atoms with Crippen LogP contribution in [0.5, 0.6) is 11.6 Å². The molecule has 0 unspecified atom stereocenters. The summed E-state index contributed by atoms with van der Waals surface area (Å²) in [6.07, 6.45) is -3.09. The number of piperazine rings is 1. The zero-order valence-electron chi connectivity index (χ0n) is 24.9. The molecule has 14 heteroatoms. The number of carbonyl (C=O) groups is 2. The molecule has 0 spiro atoms. The topological polar surface area (TPSA) is 106 Å². The molecule has 2 amide bonds. The Balaban J connectivity index is 0.00000417. The van der Waals surface area contributed by atoms with E-state index >= 15 is 0 Å². The maximum Gasteiger partial charge on any atom is 0.416 e. The highest BCUT2D eigenvalue weighted by molar-refractivity contribution is 8.93. The fourth-order valence-electron chi connectivity index (χ4n) is 5.24. The Morgan fingerprint density at radius 2 is 1.72 bits per heavy atom. The Morgan fingerprint density at radius 3 is 2.35 bits per heavy atom. The van der Waals surface area contributed by atoms with Gasteiger partial charge in [0.15, 0.2) is 0 Å². The Bertz CT molecular complexity index is 1850. The normalized spacial score (nSPS) is 13.8. The zero-order valence-corrected chi connectivity index (χ0v) is 26.6. The summed E-state index contributed by atoms with van der Waals surface area (Å²) in [7, 11) is 1.86. The fraction of sp³-hybridized carbons (Fsp3) is 0.250. The molecule has 1 saturated heterocycles. The van der Waals surface area contributed by atoms with Crippen molar-refractivity contribution in [3.8, 4) is 11.6 Å². The predicted molar refractivity (Wildman–Crippen MR) is 169 cm³/mol. The van der Waals surface area contributed by atoms with E-state index in [1.165, 1.54) is 6.20 Å². The molecule has 2 aromatic carbocycles. The van der Waals surface area contributed by atoms with Crippen LogP contribution in [0.25, 0.3) is 10.9 Å². The maximum atomic E-state index is 13.4. The number of anilines is 1. The third-order valence-corrected chi connectivity index (χ3v) is 7.65. The van der Waals surface area contributed by atoms with Crippen molar-refractivity contribution in [3.05, 3.63) is 101 Å². The molecule has 1 aliphatic heterocycles. The molecule has 1 fully saturated rings. The van der Waals surface area contributed by atoms with Gasteiger partial charge in [0.1, 0.15) is 17.2 Å². The van der Waals surface area contributed by atoms with Crippen LogP contribution in [0.15, 0.2) is 77.4 Å². The highest BCUT2D eigenvalue weighted by Gasteiger charge is 2.30. The monoisotopic (exact) mass is 698 g/mol. The minimum Gasteiger partial charge on any atom is -0.439 e. The SMILES string of the molecule is Br.Cc1cc(CN2CCN(C(=O)c3cc4cc(Oc5ccc(NC(=O)c6ccc(C(F)(F)F)cc6)cn5)ccc4n3C)CC2)no1. The van der Waals surface area contributed by atoms with Gasteiger partial charge >= 0.3 is 6.18 Å². The first-order chi connectivity index (χ1) is 21.5. The van der Waals surface area contributed by atoms with Gasteiger partial charge in [-0.1, -0.05) is 5.16 Å². The van der Waals surface area contributed by atoms with Crippen molar-refractivity contribution in [2.75, 3.05) is 31.5 Å². The Morgan fingerprint density at radius 1 is 0.978 bits per heavy atom. The van der Waals surface area contributed by atoms with E-state index in [1.807, 2.05) is 47.7 Å². The van der Waals surface area contributed by atoms with Crippen molar-refractivity contribution in [1.29, 1.82) is 0 Å². The van der Waals surface area contributed by atoms with Gasteiger partial charge in [-0.05, 0) is 61.5 Å². The number of halogens is 4. The molecule has 5 aromatic rings. The number of fused-ring (bicyclic) bond motifs is 1. The van der Waals surface area contributed by atoms with Gasteiger partial charge < -0.3 is 24.0 Å². The highest BCUT2D eigenvalue weighted by atomic mass is 79.9. The van der Waals surface area contributed by atoms with E-state index in [-0.39, 0.29) is 34.3 Å². The number of nitrogens with zero attached hydrogens (tertiary/aromatic N) is 5. The molecule has 240 valence electrons. The third-order valence-electron chi connectivity index (χ3n) is 7.65. The number of hydrogen-bond donors (Lipinski definition) is 1. The third kappa shape index (κ3) is 7.23. The van der Waals surface area contributed by atoms with Crippen molar-refractivity contribution in [3.63, 3.8) is 0 Å². The van der Waals surface area contributed by atoms with Crippen LogP contribution in [0.1, 0.15) is 37.9 Å². The first kappa shape index (κ1) is 32.7. The lowest BCUT2D eigenvalue weighted by molar-refractivity contribution is -0.137. The van der Waals surface area contributed by atoms with Gasteiger partial charge in [-0.25, -0.2) is 4.98 Å². The maximum absolute atomic E-state index is 13.4. The molecule has 6 rings (SSSR count). The van der Waals surface area contributed by atoms with Crippen molar-refractivity contribution in [2.45, 2.75) is 19.6 Å². The largest absolute Gasteiger partial charge is 0.439 e. The number of benzene rings is 2. The quantitative estimate of drug-likeness (QED) is 0.208. The van der Waals surface area contributed by atoms with Crippen LogP contribution >= 0.6 is 17.0 Å². The number of alkyl halides is 3. The average molecular weight is 700 g/mol.